The minimum absolute atomic E-state index is 0.0280. The van der Waals surface area contributed by atoms with Crippen LogP contribution in [0.15, 0.2) is 30.5 Å². The van der Waals surface area contributed by atoms with E-state index in [1.165, 1.54) is 20.0 Å². The van der Waals surface area contributed by atoms with Gasteiger partial charge in [0.1, 0.15) is 11.4 Å². The largest absolute Gasteiger partial charge is 0.481 e. The molecule has 9 nitrogen and oxygen atoms in total. The molecule has 1 amide bonds. The summed E-state index contributed by atoms with van der Waals surface area (Å²) in [5.74, 6) is 0.659. The molecule has 0 radical (unpaired) electrons. The number of carbonyl (C=O) groups is 2. The average molecular weight is 481 g/mol. The SMILES string of the molecule is COc1ccnc(Oc2ccc3c(c2)C(=O)O[C@]32CC[C@H](C(=O)N(C)CCN3CCCC3)CC2)n1. The molecular weight excluding hydrogens is 448 g/mol. The molecule has 1 aromatic carbocycles. The highest BCUT2D eigenvalue weighted by Crippen LogP contribution is 2.49. The summed E-state index contributed by atoms with van der Waals surface area (Å²) in [5.41, 5.74) is 0.704. The van der Waals surface area contributed by atoms with Gasteiger partial charge >= 0.3 is 12.0 Å². The van der Waals surface area contributed by atoms with Gasteiger partial charge in [0.25, 0.3) is 0 Å². The van der Waals surface area contributed by atoms with Gasteiger partial charge in [-0.05, 0) is 63.7 Å². The number of ether oxygens (including phenoxy) is 3. The van der Waals surface area contributed by atoms with Crippen LogP contribution in [0.3, 0.4) is 0 Å². The molecule has 2 aliphatic heterocycles. The van der Waals surface area contributed by atoms with Crippen molar-refractivity contribution in [3.63, 3.8) is 0 Å². The molecule has 35 heavy (non-hydrogen) atoms. The Kier molecular flexibility index (Phi) is 6.60. The van der Waals surface area contributed by atoms with Gasteiger partial charge < -0.3 is 24.0 Å². The first-order valence-corrected chi connectivity index (χ1v) is 12.4. The van der Waals surface area contributed by atoms with Gasteiger partial charge in [-0.1, -0.05) is 6.07 Å². The highest BCUT2D eigenvalue weighted by molar-refractivity contribution is 5.95. The molecule has 3 aliphatic rings. The van der Waals surface area contributed by atoms with E-state index in [0.29, 0.717) is 42.9 Å². The first kappa shape index (κ1) is 23.5. The van der Waals surface area contributed by atoms with E-state index in [0.717, 1.165) is 31.7 Å². The Morgan fingerprint density at radius 1 is 1.23 bits per heavy atom. The monoisotopic (exact) mass is 480 g/mol. The third-order valence-corrected chi connectivity index (χ3v) is 7.49. The summed E-state index contributed by atoms with van der Waals surface area (Å²) in [6, 6.07) is 7.13. The molecule has 1 saturated carbocycles. The molecule has 3 heterocycles. The second-order valence-corrected chi connectivity index (χ2v) is 9.66. The predicted octanol–water partition coefficient (Wildman–Crippen LogP) is 3.39. The van der Waals surface area contributed by atoms with Crippen molar-refractivity contribution < 1.29 is 23.8 Å². The maximum atomic E-state index is 13.0. The lowest BCUT2D eigenvalue weighted by atomic mass is 9.74. The van der Waals surface area contributed by atoms with Gasteiger partial charge in [0.2, 0.25) is 11.8 Å². The van der Waals surface area contributed by atoms with Crippen LogP contribution >= 0.6 is 0 Å². The van der Waals surface area contributed by atoms with Crippen molar-refractivity contribution in [1.82, 2.24) is 19.8 Å². The molecule has 2 aromatic rings. The second kappa shape index (κ2) is 9.81. The number of likely N-dealkylation sites (tertiary alicyclic amines) is 1. The van der Waals surface area contributed by atoms with Gasteiger partial charge in [-0.3, -0.25) is 4.79 Å². The third-order valence-electron chi connectivity index (χ3n) is 7.49. The van der Waals surface area contributed by atoms with Crippen LogP contribution in [0.1, 0.15) is 54.4 Å². The second-order valence-electron chi connectivity index (χ2n) is 9.66. The quantitative estimate of drug-likeness (QED) is 0.557. The molecule has 1 aromatic heterocycles. The van der Waals surface area contributed by atoms with Gasteiger partial charge in [-0.2, -0.15) is 4.98 Å². The Hall–Kier alpha value is -3.20. The number of likely N-dealkylation sites (N-methyl/N-ethyl adjacent to an activating group) is 1. The van der Waals surface area contributed by atoms with Crippen molar-refractivity contribution in [2.45, 2.75) is 44.1 Å². The molecule has 0 unspecified atom stereocenters. The number of hydrogen-bond acceptors (Lipinski definition) is 8. The third kappa shape index (κ3) is 4.82. The number of methoxy groups -OCH3 is 1. The number of fused-ring (bicyclic) bond motifs is 2. The maximum absolute atomic E-state index is 13.0. The predicted molar refractivity (Wildman–Crippen MR) is 127 cm³/mol. The number of esters is 1. The molecule has 2 fully saturated rings. The molecular formula is C26H32N4O5. The van der Waals surface area contributed by atoms with E-state index >= 15 is 0 Å². The van der Waals surface area contributed by atoms with Crippen molar-refractivity contribution in [1.29, 1.82) is 0 Å². The van der Waals surface area contributed by atoms with E-state index in [1.54, 1.807) is 24.4 Å². The van der Waals surface area contributed by atoms with Crippen LogP contribution < -0.4 is 9.47 Å². The van der Waals surface area contributed by atoms with Crippen molar-refractivity contribution in [3.05, 3.63) is 41.6 Å². The zero-order valence-electron chi connectivity index (χ0n) is 20.4. The van der Waals surface area contributed by atoms with Crippen LogP contribution in [-0.4, -0.2) is 72.0 Å². The van der Waals surface area contributed by atoms with Gasteiger partial charge in [0.15, 0.2) is 0 Å². The lowest BCUT2D eigenvalue weighted by Gasteiger charge is -2.37. The minimum Gasteiger partial charge on any atom is -0.481 e. The van der Waals surface area contributed by atoms with E-state index in [4.69, 9.17) is 14.2 Å². The van der Waals surface area contributed by atoms with E-state index < -0.39 is 5.60 Å². The molecule has 9 heteroatoms. The summed E-state index contributed by atoms with van der Waals surface area (Å²) in [6.45, 7) is 3.98. The van der Waals surface area contributed by atoms with E-state index in [2.05, 4.69) is 14.9 Å². The smallest absolute Gasteiger partial charge is 0.339 e. The Labute approximate surface area is 205 Å². The summed E-state index contributed by atoms with van der Waals surface area (Å²) in [4.78, 5) is 38.3. The molecule has 1 aliphatic carbocycles. The first-order valence-electron chi connectivity index (χ1n) is 12.4. The average Bonchev–Trinajstić information content (AvgIpc) is 3.49. The zero-order chi connectivity index (χ0) is 24.4. The topological polar surface area (TPSA) is 94.1 Å². The van der Waals surface area contributed by atoms with E-state index in [9.17, 15) is 9.59 Å². The summed E-state index contributed by atoms with van der Waals surface area (Å²) in [7, 11) is 3.42. The zero-order valence-corrected chi connectivity index (χ0v) is 20.4. The molecule has 0 bridgehead atoms. The van der Waals surface area contributed by atoms with Crippen molar-refractivity contribution in [3.8, 4) is 17.6 Å². The van der Waals surface area contributed by atoms with Gasteiger partial charge in [0.05, 0.1) is 12.7 Å². The number of carbonyl (C=O) groups excluding carboxylic acids is 2. The fourth-order valence-electron chi connectivity index (χ4n) is 5.46. The van der Waals surface area contributed by atoms with Crippen LogP contribution in [0, 0.1) is 5.92 Å². The molecule has 186 valence electrons. The molecule has 0 N–H and O–H groups in total. The minimum atomic E-state index is -0.664. The Balaban J connectivity index is 1.22. The number of hydrogen-bond donors (Lipinski definition) is 0. The summed E-state index contributed by atoms with van der Waals surface area (Å²) in [6.07, 6.45) is 6.74. The summed E-state index contributed by atoms with van der Waals surface area (Å²) in [5, 5.41) is 0. The lowest BCUT2D eigenvalue weighted by Crippen LogP contribution is -2.41. The van der Waals surface area contributed by atoms with E-state index in [1.807, 2.05) is 18.0 Å². The first-order chi connectivity index (χ1) is 17.0. The van der Waals surface area contributed by atoms with Gasteiger partial charge in [0, 0.05) is 43.9 Å². The summed E-state index contributed by atoms with van der Waals surface area (Å²) >= 11 is 0. The highest BCUT2D eigenvalue weighted by atomic mass is 16.6. The number of benzene rings is 1. The van der Waals surface area contributed by atoms with Crippen molar-refractivity contribution in [2.75, 3.05) is 40.3 Å². The lowest BCUT2D eigenvalue weighted by molar-refractivity contribution is -0.137. The highest BCUT2D eigenvalue weighted by Gasteiger charge is 2.48. The number of aromatic nitrogens is 2. The molecule has 1 saturated heterocycles. The summed E-state index contributed by atoms with van der Waals surface area (Å²) < 4.78 is 16.8. The van der Waals surface area contributed by atoms with Crippen LogP contribution in [0.25, 0.3) is 0 Å². The fourth-order valence-corrected chi connectivity index (χ4v) is 5.46. The molecule has 0 atom stereocenters. The Bertz CT molecular complexity index is 1090. The fraction of sp³-hybridized carbons (Fsp3) is 0.538. The Morgan fingerprint density at radius 2 is 2.00 bits per heavy atom. The van der Waals surface area contributed by atoms with Gasteiger partial charge in [-0.25, -0.2) is 9.78 Å². The van der Waals surface area contributed by atoms with Crippen molar-refractivity contribution >= 4 is 11.9 Å². The number of rotatable bonds is 7. The van der Waals surface area contributed by atoms with Crippen LogP contribution in [-0.2, 0) is 15.1 Å². The molecule has 1 spiro atoms. The molecule has 5 rings (SSSR count). The normalized spacial score (nSPS) is 23.7. The Morgan fingerprint density at radius 3 is 2.74 bits per heavy atom. The van der Waals surface area contributed by atoms with Crippen molar-refractivity contribution in [2.24, 2.45) is 5.92 Å². The van der Waals surface area contributed by atoms with Gasteiger partial charge in [-0.15, -0.1) is 0 Å². The van der Waals surface area contributed by atoms with Crippen LogP contribution in [0.2, 0.25) is 0 Å². The number of nitrogens with zero attached hydrogens (tertiary/aromatic N) is 4. The maximum Gasteiger partial charge on any atom is 0.339 e. The standard InChI is InChI=1S/C26H32N4O5/c1-29(15-16-30-13-3-4-14-30)23(31)18-7-10-26(11-8-18)21-6-5-19(17-20(21)24(32)35-26)34-25-27-12-9-22(28-25)33-2/h5-6,9,12,17-18H,3-4,7-8,10-11,13-16H2,1-2H3/t18-,26-. The van der Waals surface area contributed by atoms with Crippen LogP contribution in [0.5, 0.6) is 17.6 Å². The van der Waals surface area contributed by atoms with E-state index in [-0.39, 0.29) is 23.8 Å². The van der Waals surface area contributed by atoms with Crippen LogP contribution in [0.4, 0.5) is 0 Å². The number of amides is 1.